The van der Waals surface area contributed by atoms with Crippen molar-refractivity contribution in [3.8, 4) is 17.0 Å². The van der Waals surface area contributed by atoms with Crippen LogP contribution < -0.4 is 10.5 Å². The highest BCUT2D eigenvalue weighted by Gasteiger charge is 2.21. The first-order chi connectivity index (χ1) is 8.04. The quantitative estimate of drug-likeness (QED) is 0.844. The van der Waals surface area contributed by atoms with E-state index in [0.29, 0.717) is 0 Å². The van der Waals surface area contributed by atoms with Gasteiger partial charge in [-0.2, -0.15) is 4.39 Å². The van der Waals surface area contributed by atoms with Crippen molar-refractivity contribution in [2.24, 2.45) is 0 Å². The Balaban J connectivity index is 2.69. The van der Waals surface area contributed by atoms with E-state index in [0.717, 1.165) is 0 Å². The largest absolute Gasteiger partial charge is 0.493 e. The van der Waals surface area contributed by atoms with E-state index in [1.54, 1.807) is 0 Å². The van der Waals surface area contributed by atoms with Gasteiger partial charge in [-0.25, -0.2) is 4.39 Å². The maximum atomic E-state index is 13.5. The molecule has 0 atom stereocenters. The van der Waals surface area contributed by atoms with Gasteiger partial charge in [0, 0.05) is 6.07 Å². The van der Waals surface area contributed by atoms with Crippen molar-refractivity contribution in [2.75, 3.05) is 12.8 Å². The number of hydrogen-bond donors (Lipinski definition) is 1. The van der Waals surface area contributed by atoms with Crippen molar-refractivity contribution < 1.29 is 18.0 Å². The molecule has 2 aromatic rings. The second-order valence-corrected chi connectivity index (χ2v) is 3.59. The number of nitrogen functional groups attached to an aromatic ring is 1. The highest BCUT2D eigenvalue weighted by atomic mass is 35.5. The molecule has 0 aliphatic carbocycles. The lowest BCUT2D eigenvalue weighted by Crippen LogP contribution is -1.96. The predicted octanol–water partition coefficient (Wildman–Crippen LogP) is 2.86. The van der Waals surface area contributed by atoms with Crippen LogP contribution in [0.25, 0.3) is 11.3 Å². The number of methoxy groups -OCH3 is 1. The number of nitrogens with two attached hydrogens (primary N) is 1. The van der Waals surface area contributed by atoms with Crippen molar-refractivity contribution >= 4 is 17.5 Å². The van der Waals surface area contributed by atoms with Gasteiger partial charge < -0.3 is 15.0 Å². The maximum Gasteiger partial charge on any atom is 0.222 e. The minimum atomic E-state index is -1.18. The SMILES string of the molecule is COc1c(-c2cc(N)on2)cc(Cl)c(F)c1F. The number of halogens is 3. The molecule has 1 heterocycles. The summed E-state index contributed by atoms with van der Waals surface area (Å²) < 4.78 is 36.2. The van der Waals surface area contributed by atoms with E-state index in [2.05, 4.69) is 9.68 Å². The number of aromatic nitrogens is 1. The topological polar surface area (TPSA) is 61.3 Å². The van der Waals surface area contributed by atoms with Crippen LogP contribution in [-0.4, -0.2) is 12.3 Å². The molecule has 0 saturated carbocycles. The minimum Gasteiger partial charge on any atom is -0.493 e. The second kappa shape index (κ2) is 4.21. The van der Waals surface area contributed by atoms with Gasteiger partial charge in [0.2, 0.25) is 11.7 Å². The van der Waals surface area contributed by atoms with Gasteiger partial charge in [-0.1, -0.05) is 16.8 Å². The summed E-state index contributed by atoms with van der Waals surface area (Å²) in [6.45, 7) is 0. The van der Waals surface area contributed by atoms with E-state index in [-0.39, 0.29) is 27.9 Å². The van der Waals surface area contributed by atoms with Gasteiger partial charge in [-0.05, 0) is 6.07 Å². The molecule has 0 radical (unpaired) electrons. The second-order valence-electron chi connectivity index (χ2n) is 3.18. The Morgan fingerprint density at radius 3 is 2.59 bits per heavy atom. The van der Waals surface area contributed by atoms with E-state index in [1.807, 2.05) is 0 Å². The van der Waals surface area contributed by atoms with Gasteiger partial charge in [0.25, 0.3) is 0 Å². The third kappa shape index (κ3) is 1.91. The minimum absolute atomic E-state index is 0.0444. The summed E-state index contributed by atoms with van der Waals surface area (Å²) >= 11 is 5.54. The molecule has 0 aliphatic rings. The smallest absolute Gasteiger partial charge is 0.222 e. The van der Waals surface area contributed by atoms with Crippen molar-refractivity contribution in [2.45, 2.75) is 0 Å². The highest BCUT2D eigenvalue weighted by molar-refractivity contribution is 6.31. The van der Waals surface area contributed by atoms with Gasteiger partial charge in [-0.3, -0.25) is 0 Å². The molecular weight excluding hydrogens is 254 g/mol. The fourth-order valence-corrected chi connectivity index (χ4v) is 1.58. The lowest BCUT2D eigenvalue weighted by atomic mass is 10.1. The lowest BCUT2D eigenvalue weighted by molar-refractivity contribution is 0.372. The number of benzene rings is 1. The molecule has 17 heavy (non-hydrogen) atoms. The summed E-state index contributed by atoms with van der Waals surface area (Å²) in [4.78, 5) is 0. The van der Waals surface area contributed by atoms with Crippen LogP contribution in [0.2, 0.25) is 5.02 Å². The van der Waals surface area contributed by atoms with Gasteiger partial charge >= 0.3 is 0 Å². The van der Waals surface area contributed by atoms with Gasteiger partial charge in [-0.15, -0.1) is 0 Å². The Labute approximate surface area is 99.9 Å². The van der Waals surface area contributed by atoms with Crippen molar-refractivity contribution in [3.63, 3.8) is 0 Å². The molecule has 1 aromatic heterocycles. The number of rotatable bonds is 2. The number of hydrogen-bond acceptors (Lipinski definition) is 4. The van der Waals surface area contributed by atoms with Crippen LogP contribution in [0, 0.1) is 11.6 Å². The molecule has 0 unspecified atom stereocenters. The molecule has 0 spiro atoms. The predicted molar refractivity (Wildman–Crippen MR) is 57.8 cm³/mol. The van der Waals surface area contributed by atoms with Gasteiger partial charge in [0.15, 0.2) is 11.6 Å². The molecule has 4 nitrogen and oxygen atoms in total. The van der Waals surface area contributed by atoms with Crippen molar-refractivity contribution in [1.29, 1.82) is 0 Å². The zero-order valence-electron chi connectivity index (χ0n) is 8.63. The number of nitrogens with zero attached hydrogens (tertiary/aromatic N) is 1. The number of anilines is 1. The zero-order chi connectivity index (χ0) is 12.6. The first kappa shape index (κ1) is 11.7. The molecule has 0 bridgehead atoms. The summed E-state index contributed by atoms with van der Waals surface area (Å²) in [6.07, 6.45) is 0. The fraction of sp³-hybridized carbons (Fsp3) is 0.100. The molecule has 0 amide bonds. The molecule has 0 saturated heterocycles. The monoisotopic (exact) mass is 260 g/mol. The first-order valence-corrected chi connectivity index (χ1v) is 4.86. The summed E-state index contributed by atoms with van der Waals surface area (Å²) in [5.74, 6) is -2.62. The van der Waals surface area contributed by atoms with Crippen LogP contribution in [0.15, 0.2) is 16.7 Å². The summed E-state index contributed by atoms with van der Waals surface area (Å²) in [5, 5.41) is 3.20. The summed E-state index contributed by atoms with van der Waals surface area (Å²) in [5.41, 5.74) is 5.71. The lowest BCUT2D eigenvalue weighted by Gasteiger charge is -2.08. The number of ether oxygens (including phenoxy) is 1. The van der Waals surface area contributed by atoms with Gasteiger partial charge in [0.1, 0.15) is 5.69 Å². The first-order valence-electron chi connectivity index (χ1n) is 4.48. The average Bonchev–Trinajstić information content (AvgIpc) is 2.72. The van der Waals surface area contributed by atoms with E-state index in [9.17, 15) is 8.78 Å². The molecule has 7 heteroatoms. The highest BCUT2D eigenvalue weighted by Crippen LogP contribution is 2.37. The van der Waals surface area contributed by atoms with Crippen LogP contribution in [0.4, 0.5) is 14.7 Å². The van der Waals surface area contributed by atoms with Crippen LogP contribution in [-0.2, 0) is 0 Å². The van der Waals surface area contributed by atoms with Crippen molar-refractivity contribution in [1.82, 2.24) is 5.16 Å². The standard InChI is InChI=1S/C10H7ClF2N2O2/c1-16-10-4(6-3-7(14)17-15-6)2-5(11)8(12)9(10)13/h2-3H,14H2,1H3. The van der Waals surface area contributed by atoms with E-state index in [1.165, 1.54) is 19.2 Å². The Hall–Kier alpha value is -1.82. The van der Waals surface area contributed by atoms with Crippen LogP contribution >= 0.6 is 11.6 Å². The Kier molecular flexibility index (Phi) is 2.89. The molecule has 90 valence electrons. The molecular formula is C10H7ClF2N2O2. The Morgan fingerprint density at radius 1 is 1.35 bits per heavy atom. The Bertz CT molecular complexity index is 572. The van der Waals surface area contributed by atoms with Crippen LogP contribution in [0.5, 0.6) is 5.75 Å². The third-order valence-electron chi connectivity index (χ3n) is 2.13. The normalized spacial score (nSPS) is 10.6. The van der Waals surface area contributed by atoms with Crippen LogP contribution in [0.3, 0.4) is 0 Å². The fourth-order valence-electron chi connectivity index (χ4n) is 1.38. The molecule has 0 aliphatic heterocycles. The molecule has 0 fully saturated rings. The molecule has 2 rings (SSSR count). The van der Waals surface area contributed by atoms with Crippen LogP contribution in [0.1, 0.15) is 0 Å². The Morgan fingerprint density at radius 2 is 2.06 bits per heavy atom. The van der Waals surface area contributed by atoms with Crippen molar-refractivity contribution in [3.05, 3.63) is 28.8 Å². The molecule has 2 N–H and O–H groups in total. The average molecular weight is 261 g/mol. The van der Waals surface area contributed by atoms with E-state index >= 15 is 0 Å². The zero-order valence-corrected chi connectivity index (χ0v) is 9.39. The molecule has 1 aromatic carbocycles. The third-order valence-corrected chi connectivity index (χ3v) is 2.40. The van der Waals surface area contributed by atoms with Gasteiger partial charge in [0.05, 0.1) is 17.7 Å². The van der Waals surface area contributed by atoms with E-state index < -0.39 is 11.6 Å². The van der Waals surface area contributed by atoms with E-state index in [4.69, 9.17) is 22.1 Å². The summed E-state index contributed by atoms with van der Waals surface area (Å²) in [6, 6.07) is 2.54. The summed E-state index contributed by atoms with van der Waals surface area (Å²) in [7, 11) is 1.21. The maximum absolute atomic E-state index is 13.5.